The summed E-state index contributed by atoms with van der Waals surface area (Å²) in [5, 5.41) is 3.40. The van der Waals surface area contributed by atoms with E-state index >= 15 is 0 Å². The maximum atomic E-state index is 11.1. The highest BCUT2D eigenvalue weighted by molar-refractivity contribution is 5.89. The van der Waals surface area contributed by atoms with Crippen LogP contribution in [0.2, 0.25) is 0 Å². The van der Waals surface area contributed by atoms with Crippen molar-refractivity contribution in [3.05, 3.63) is 53.6 Å². The fourth-order valence-corrected chi connectivity index (χ4v) is 2.12. The van der Waals surface area contributed by atoms with Crippen molar-refractivity contribution in [3.63, 3.8) is 0 Å². The summed E-state index contributed by atoms with van der Waals surface area (Å²) in [5.74, 6) is -0.160. The van der Waals surface area contributed by atoms with E-state index in [4.69, 9.17) is 5.73 Å². The van der Waals surface area contributed by atoms with Crippen LogP contribution in [0, 0.1) is 6.92 Å². The van der Waals surface area contributed by atoms with Crippen molar-refractivity contribution < 1.29 is 4.79 Å². The van der Waals surface area contributed by atoms with Gasteiger partial charge in [0.05, 0.1) is 0 Å². The minimum absolute atomic E-state index is 0.323. The Bertz CT molecular complexity index is 577. The number of benzene rings is 1. The average molecular weight is 272 g/mol. The topological polar surface area (TPSA) is 72.9 Å². The zero-order valence-corrected chi connectivity index (χ0v) is 11.7. The quantitative estimate of drug-likeness (QED) is 0.750. The molecule has 0 aliphatic heterocycles. The Labute approximate surface area is 118 Å². The first-order valence-electron chi connectivity index (χ1n) is 6.74. The molecule has 20 heavy (non-hydrogen) atoms. The predicted molar refractivity (Wildman–Crippen MR) is 78.2 cm³/mol. The third-order valence-electron chi connectivity index (χ3n) is 3.27. The summed E-state index contributed by atoms with van der Waals surface area (Å²) in [4.78, 5) is 15.1. The number of hydrogen-bond donors (Lipinski definition) is 2. The second-order valence-electron chi connectivity index (χ2n) is 4.77. The van der Waals surface area contributed by atoms with Gasteiger partial charge >= 0.3 is 0 Å². The molecule has 0 spiro atoms. The Hall–Kier alpha value is -2.14. The molecule has 0 fully saturated rings. The standard InChI is InChI=1S/C15H20N4O/c1-12-5-2-3-6-13(12)11-17-7-4-9-19-10-8-18-15(19)14(16)20/h2-3,5-6,8,10,17H,4,7,9,11H2,1H3,(H2,16,20). The molecular formula is C15H20N4O. The molecule has 106 valence electrons. The summed E-state index contributed by atoms with van der Waals surface area (Å²) in [6.07, 6.45) is 4.30. The van der Waals surface area contributed by atoms with Crippen molar-refractivity contribution in [2.75, 3.05) is 6.54 Å². The number of rotatable bonds is 7. The summed E-state index contributed by atoms with van der Waals surface area (Å²) in [5.41, 5.74) is 7.85. The van der Waals surface area contributed by atoms with Gasteiger partial charge in [0.15, 0.2) is 5.82 Å². The van der Waals surface area contributed by atoms with Gasteiger partial charge in [0.2, 0.25) is 0 Å². The number of nitrogens with zero attached hydrogens (tertiary/aromatic N) is 2. The molecule has 5 heteroatoms. The molecule has 0 saturated heterocycles. The highest BCUT2D eigenvalue weighted by Gasteiger charge is 2.07. The zero-order chi connectivity index (χ0) is 14.4. The van der Waals surface area contributed by atoms with E-state index < -0.39 is 5.91 Å². The van der Waals surface area contributed by atoms with Gasteiger partial charge in [0.1, 0.15) is 0 Å². The number of imidazole rings is 1. The van der Waals surface area contributed by atoms with Crippen LogP contribution in [0.4, 0.5) is 0 Å². The van der Waals surface area contributed by atoms with Crippen LogP contribution in [0.25, 0.3) is 0 Å². The van der Waals surface area contributed by atoms with E-state index in [9.17, 15) is 4.79 Å². The van der Waals surface area contributed by atoms with E-state index in [1.165, 1.54) is 11.1 Å². The number of carbonyl (C=O) groups is 1. The Kier molecular flexibility index (Phi) is 4.90. The van der Waals surface area contributed by atoms with Crippen molar-refractivity contribution in [1.82, 2.24) is 14.9 Å². The Morgan fingerprint density at radius 2 is 2.20 bits per heavy atom. The second kappa shape index (κ2) is 6.86. The van der Waals surface area contributed by atoms with E-state index in [0.717, 1.165) is 26.1 Å². The van der Waals surface area contributed by atoms with Crippen LogP contribution >= 0.6 is 0 Å². The lowest BCUT2D eigenvalue weighted by molar-refractivity contribution is 0.0986. The predicted octanol–water partition coefficient (Wildman–Crippen LogP) is 1.47. The molecule has 5 nitrogen and oxygen atoms in total. The monoisotopic (exact) mass is 272 g/mol. The molecule has 0 aliphatic carbocycles. The first-order valence-corrected chi connectivity index (χ1v) is 6.74. The van der Waals surface area contributed by atoms with Crippen molar-refractivity contribution in [3.8, 4) is 0 Å². The smallest absolute Gasteiger partial charge is 0.284 e. The lowest BCUT2D eigenvalue weighted by Gasteiger charge is -2.08. The fourth-order valence-electron chi connectivity index (χ4n) is 2.12. The number of aromatic nitrogens is 2. The van der Waals surface area contributed by atoms with Gasteiger partial charge in [-0.2, -0.15) is 0 Å². The van der Waals surface area contributed by atoms with Gasteiger partial charge in [-0.25, -0.2) is 4.98 Å². The van der Waals surface area contributed by atoms with Crippen LogP contribution < -0.4 is 11.1 Å². The summed E-state index contributed by atoms with van der Waals surface area (Å²) >= 11 is 0. The van der Waals surface area contributed by atoms with Crippen molar-refractivity contribution in [2.24, 2.45) is 5.73 Å². The Balaban J connectivity index is 1.73. The normalized spacial score (nSPS) is 10.7. The third-order valence-corrected chi connectivity index (χ3v) is 3.27. The zero-order valence-electron chi connectivity index (χ0n) is 11.7. The number of primary amides is 1. The first-order chi connectivity index (χ1) is 9.68. The van der Waals surface area contributed by atoms with Crippen LogP contribution in [-0.4, -0.2) is 22.0 Å². The molecular weight excluding hydrogens is 252 g/mol. The fraction of sp³-hybridized carbons (Fsp3) is 0.333. The van der Waals surface area contributed by atoms with E-state index in [-0.39, 0.29) is 0 Å². The van der Waals surface area contributed by atoms with Crippen molar-refractivity contribution in [2.45, 2.75) is 26.4 Å². The number of nitrogens with one attached hydrogen (secondary N) is 1. The maximum Gasteiger partial charge on any atom is 0.284 e. The van der Waals surface area contributed by atoms with Crippen LogP contribution in [0.3, 0.4) is 0 Å². The van der Waals surface area contributed by atoms with Gasteiger partial charge in [0.25, 0.3) is 5.91 Å². The number of aryl methyl sites for hydroxylation is 2. The number of nitrogens with two attached hydrogens (primary N) is 1. The van der Waals surface area contributed by atoms with Crippen LogP contribution in [0.5, 0.6) is 0 Å². The molecule has 1 heterocycles. The summed E-state index contributed by atoms with van der Waals surface area (Å²) in [7, 11) is 0. The SMILES string of the molecule is Cc1ccccc1CNCCCn1ccnc1C(N)=O. The molecule has 2 aromatic rings. The molecule has 1 aromatic heterocycles. The molecule has 0 bridgehead atoms. The van der Waals surface area contributed by atoms with Gasteiger partial charge in [-0.15, -0.1) is 0 Å². The average Bonchev–Trinajstić information content (AvgIpc) is 2.89. The third kappa shape index (κ3) is 3.68. The Morgan fingerprint density at radius 1 is 1.40 bits per heavy atom. The largest absolute Gasteiger partial charge is 0.363 e. The molecule has 1 amide bonds. The minimum Gasteiger partial charge on any atom is -0.363 e. The minimum atomic E-state index is -0.483. The molecule has 2 rings (SSSR count). The molecule has 0 aliphatic rings. The lowest BCUT2D eigenvalue weighted by atomic mass is 10.1. The van der Waals surface area contributed by atoms with E-state index in [1.54, 1.807) is 17.0 Å². The van der Waals surface area contributed by atoms with Crippen molar-refractivity contribution >= 4 is 5.91 Å². The molecule has 0 saturated carbocycles. The maximum absolute atomic E-state index is 11.1. The molecule has 0 unspecified atom stereocenters. The van der Waals surface area contributed by atoms with Crippen LogP contribution in [-0.2, 0) is 13.1 Å². The van der Waals surface area contributed by atoms with Crippen molar-refractivity contribution in [1.29, 1.82) is 0 Å². The molecule has 0 atom stereocenters. The van der Waals surface area contributed by atoms with E-state index in [2.05, 4.69) is 35.4 Å². The van der Waals surface area contributed by atoms with Crippen LogP contribution in [0.1, 0.15) is 28.2 Å². The first kappa shape index (κ1) is 14.3. The van der Waals surface area contributed by atoms with E-state index in [0.29, 0.717) is 5.82 Å². The summed E-state index contributed by atoms with van der Waals surface area (Å²) in [6.45, 7) is 4.59. The molecule has 0 radical (unpaired) electrons. The van der Waals surface area contributed by atoms with Crippen LogP contribution in [0.15, 0.2) is 36.7 Å². The molecule has 1 aromatic carbocycles. The number of carbonyl (C=O) groups excluding carboxylic acids is 1. The van der Waals surface area contributed by atoms with E-state index in [1.807, 2.05) is 6.07 Å². The lowest BCUT2D eigenvalue weighted by Crippen LogP contribution is -2.20. The second-order valence-corrected chi connectivity index (χ2v) is 4.77. The van der Waals surface area contributed by atoms with Gasteiger partial charge in [0, 0.05) is 25.5 Å². The summed E-state index contributed by atoms with van der Waals surface area (Å²) < 4.78 is 1.79. The highest BCUT2D eigenvalue weighted by atomic mass is 16.1. The van der Waals surface area contributed by atoms with Gasteiger partial charge in [-0.05, 0) is 31.0 Å². The number of hydrogen-bond acceptors (Lipinski definition) is 3. The van der Waals surface area contributed by atoms with Gasteiger partial charge in [-0.3, -0.25) is 4.79 Å². The van der Waals surface area contributed by atoms with Gasteiger partial charge in [-0.1, -0.05) is 24.3 Å². The molecule has 3 N–H and O–H groups in total. The van der Waals surface area contributed by atoms with Gasteiger partial charge < -0.3 is 15.6 Å². The summed E-state index contributed by atoms with van der Waals surface area (Å²) in [6, 6.07) is 8.34. The number of amides is 1. The highest BCUT2D eigenvalue weighted by Crippen LogP contribution is 2.06. The Morgan fingerprint density at radius 3 is 2.95 bits per heavy atom.